The van der Waals surface area contributed by atoms with Crippen molar-refractivity contribution in [3.8, 4) is 0 Å². The lowest BCUT2D eigenvalue weighted by Crippen LogP contribution is -2.24. The van der Waals surface area contributed by atoms with Crippen molar-refractivity contribution in [2.75, 3.05) is 43.6 Å². The molecule has 0 aliphatic rings. The van der Waals surface area contributed by atoms with Crippen molar-refractivity contribution in [2.45, 2.75) is 20.8 Å². The molecule has 4 heteroatoms. The number of pyridine rings is 1. The van der Waals surface area contributed by atoms with Crippen LogP contribution in [0, 0.1) is 6.92 Å². The standard InChI is InChI=1S/C17H25N3O/c1-5-20(6-2)17-15-10-8-7-9-14(15)16(13(3)19-17)18-11-12-21-4/h7-10,18H,5-6,11-12H2,1-4H3. The van der Waals surface area contributed by atoms with E-state index < -0.39 is 0 Å². The van der Waals surface area contributed by atoms with Crippen molar-refractivity contribution in [1.82, 2.24) is 4.98 Å². The Hall–Kier alpha value is -1.81. The fourth-order valence-electron chi connectivity index (χ4n) is 2.63. The van der Waals surface area contributed by atoms with Crippen LogP contribution in [-0.4, -0.2) is 38.3 Å². The number of ether oxygens (including phenoxy) is 1. The van der Waals surface area contributed by atoms with Crippen LogP contribution in [0.15, 0.2) is 24.3 Å². The lowest BCUT2D eigenvalue weighted by atomic mass is 10.1. The van der Waals surface area contributed by atoms with Gasteiger partial charge in [0.25, 0.3) is 0 Å². The molecule has 0 saturated heterocycles. The number of methoxy groups -OCH3 is 1. The average Bonchev–Trinajstić information content (AvgIpc) is 2.51. The minimum Gasteiger partial charge on any atom is -0.383 e. The van der Waals surface area contributed by atoms with E-state index in [9.17, 15) is 0 Å². The highest BCUT2D eigenvalue weighted by molar-refractivity contribution is 6.01. The van der Waals surface area contributed by atoms with Crippen LogP contribution in [0.25, 0.3) is 10.8 Å². The Morgan fingerprint density at radius 3 is 2.43 bits per heavy atom. The van der Waals surface area contributed by atoms with Gasteiger partial charge in [-0.2, -0.15) is 0 Å². The molecule has 2 aromatic rings. The molecule has 4 nitrogen and oxygen atoms in total. The topological polar surface area (TPSA) is 37.4 Å². The van der Waals surface area contributed by atoms with Gasteiger partial charge in [0.05, 0.1) is 18.0 Å². The SMILES string of the molecule is CCN(CC)c1nc(C)c(NCCOC)c2ccccc12. The second-order valence-electron chi connectivity index (χ2n) is 5.03. The first-order valence-corrected chi connectivity index (χ1v) is 7.60. The fourth-order valence-corrected chi connectivity index (χ4v) is 2.63. The van der Waals surface area contributed by atoms with Gasteiger partial charge in [0.1, 0.15) is 5.82 Å². The number of anilines is 2. The molecule has 0 radical (unpaired) electrons. The molecule has 0 bridgehead atoms. The van der Waals surface area contributed by atoms with E-state index in [2.05, 4.69) is 55.3 Å². The van der Waals surface area contributed by atoms with Crippen LogP contribution >= 0.6 is 0 Å². The van der Waals surface area contributed by atoms with Gasteiger partial charge in [-0.05, 0) is 20.8 Å². The molecule has 1 N–H and O–H groups in total. The van der Waals surface area contributed by atoms with E-state index in [-0.39, 0.29) is 0 Å². The predicted molar refractivity (Wildman–Crippen MR) is 90.4 cm³/mol. The second kappa shape index (κ2) is 7.27. The van der Waals surface area contributed by atoms with Crippen LogP contribution in [0.1, 0.15) is 19.5 Å². The number of fused-ring (bicyclic) bond motifs is 1. The minimum absolute atomic E-state index is 0.686. The van der Waals surface area contributed by atoms with Gasteiger partial charge in [0.15, 0.2) is 0 Å². The van der Waals surface area contributed by atoms with Gasteiger partial charge in [-0.1, -0.05) is 24.3 Å². The molecule has 0 saturated carbocycles. The number of nitrogens with one attached hydrogen (secondary N) is 1. The van der Waals surface area contributed by atoms with Crippen LogP contribution in [0.4, 0.5) is 11.5 Å². The number of nitrogens with zero attached hydrogens (tertiary/aromatic N) is 2. The Labute approximate surface area is 127 Å². The Morgan fingerprint density at radius 2 is 1.81 bits per heavy atom. The molecule has 2 rings (SSSR count). The third-order valence-electron chi connectivity index (χ3n) is 3.74. The molecular formula is C17H25N3O. The second-order valence-corrected chi connectivity index (χ2v) is 5.03. The van der Waals surface area contributed by atoms with Gasteiger partial charge in [-0.25, -0.2) is 4.98 Å². The number of aryl methyl sites for hydroxylation is 1. The third-order valence-corrected chi connectivity index (χ3v) is 3.74. The van der Waals surface area contributed by atoms with E-state index in [1.54, 1.807) is 7.11 Å². The quantitative estimate of drug-likeness (QED) is 0.792. The summed E-state index contributed by atoms with van der Waals surface area (Å²) in [7, 11) is 1.72. The summed E-state index contributed by atoms with van der Waals surface area (Å²) in [6.45, 7) is 9.79. The van der Waals surface area contributed by atoms with Gasteiger partial charge < -0.3 is 15.0 Å². The van der Waals surface area contributed by atoms with Gasteiger partial charge in [0, 0.05) is 37.5 Å². The Bertz CT molecular complexity index is 594. The summed E-state index contributed by atoms with van der Waals surface area (Å²) in [6, 6.07) is 8.46. The summed E-state index contributed by atoms with van der Waals surface area (Å²) in [5.41, 5.74) is 2.14. The molecule has 0 unspecified atom stereocenters. The van der Waals surface area contributed by atoms with Crippen LogP contribution in [0.2, 0.25) is 0 Å². The normalized spacial score (nSPS) is 10.9. The smallest absolute Gasteiger partial charge is 0.136 e. The average molecular weight is 287 g/mol. The first-order valence-electron chi connectivity index (χ1n) is 7.60. The van der Waals surface area contributed by atoms with Crippen molar-refractivity contribution < 1.29 is 4.74 Å². The van der Waals surface area contributed by atoms with E-state index in [0.717, 1.165) is 36.8 Å². The highest BCUT2D eigenvalue weighted by Gasteiger charge is 2.14. The maximum Gasteiger partial charge on any atom is 0.136 e. The van der Waals surface area contributed by atoms with E-state index in [1.165, 1.54) is 10.8 Å². The number of rotatable bonds is 7. The van der Waals surface area contributed by atoms with Crippen molar-refractivity contribution in [3.63, 3.8) is 0 Å². The van der Waals surface area contributed by atoms with Gasteiger partial charge in [-0.3, -0.25) is 0 Å². The fraction of sp³-hybridized carbons (Fsp3) is 0.471. The number of hydrogen-bond donors (Lipinski definition) is 1. The molecule has 0 aliphatic heterocycles. The zero-order valence-electron chi connectivity index (χ0n) is 13.4. The monoisotopic (exact) mass is 287 g/mol. The van der Waals surface area contributed by atoms with Crippen molar-refractivity contribution >= 4 is 22.3 Å². The lowest BCUT2D eigenvalue weighted by molar-refractivity contribution is 0.211. The zero-order chi connectivity index (χ0) is 15.2. The van der Waals surface area contributed by atoms with Crippen LogP contribution < -0.4 is 10.2 Å². The summed E-state index contributed by atoms with van der Waals surface area (Å²) >= 11 is 0. The highest BCUT2D eigenvalue weighted by atomic mass is 16.5. The molecule has 1 aromatic carbocycles. The van der Waals surface area contributed by atoms with Crippen molar-refractivity contribution in [3.05, 3.63) is 30.0 Å². The highest BCUT2D eigenvalue weighted by Crippen LogP contribution is 2.32. The van der Waals surface area contributed by atoms with E-state index in [0.29, 0.717) is 6.61 Å². The predicted octanol–water partition coefficient (Wildman–Crippen LogP) is 3.45. The molecule has 1 aromatic heterocycles. The number of hydrogen-bond acceptors (Lipinski definition) is 4. The molecule has 114 valence electrons. The summed E-state index contributed by atoms with van der Waals surface area (Å²) in [5.74, 6) is 1.07. The van der Waals surface area contributed by atoms with Gasteiger partial charge in [0.2, 0.25) is 0 Å². The first-order chi connectivity index (χ1) is 10.2. The van der Waals surface area contributed by atoms with Crippen LogP contribution in [0.3, 0.4) is 0 Å². The Morgan fingerprint density at radius 1 is 1.14 bits per heavy atom. The number of aromatic nitrogens is 1. The number of benzene rings is 1. The maximum absolute atomic E-state index is 5.12. The van der Waals surface area contributed by atoms with Crippen LogP contribution in [0.5, 0.6) is 0 Å². The molecule has 21 heavy (non-hydrogen) atoms. The summed E-state index contributed by atoms with van der Waals surface area (Å²) in [5, 5.41) is 5.88. The van der Waals surface area contributed by atoms with Gasteiger partial charge >= 0.3 is 0 Å². The molecule has 1 heterocycles. The molecule has 0 atom stereocenters. The zero-order valence-corrected chi connectivity index (χ0v) is 13.4. The third kappa shape index (κ3) is 3.27. The van der Waals surface area contributed by atoms with E-state index in [1.807, 2.05) is 0 Å². The summed E-state index contributed by atoms with van der Waals surface area (Å²) in [4.78, 5) is 7.14. The molecule has 0 fully saturated rings. The lowest BCUT2D eigenvalue weighted by Gasteiger charge is -2.24. The largest absolute Gasteiger partial charge is 0.383 e. The Kier molecular flexibility index (Phi) is 5.39. The van der Waals surface area contributed by atoms with Gasteiger partial charge in [-0.15, -0.1) is 0 Å². The van der Waals surface area contributed by atoms with E-state index in [4.69, 9.17) is 9.72 Å². The molecular weight excluding hydrogens is 262 g/mol. The Balaban J connectivity index is 2.52. The summed E-state index contributed by atoms with van der Waals surface area (Å²) in [6.07, 6.45) is 0. The van der Waals surface area contributed by atoms with Crippen molar-refractivity contribution in [2.24, 2.45) is 0 Å². The minimum atomic E-state index is 0.686. The molecule has 0 amide bonds. The first kappa shape index (κ1) is 15.6. The molecule has 0 aliphatic carbocycles. The van der Waals surface area contributed by atoms with E-state index >= 15 is 0 Å². The summed E-state index contributed by atoms with van der Waals surface area (Å²) < 4.78 is 5.12. The molecule has 0 spiro atoms. The maximum atomic E-state index is 5.12. The van der Waals surface area contributed by atoms with Crippen LogP contribution in [-0.2, 0) is 4.74 Å². The van der Waals surface area contributed by atoms with Crippen molar-refractivity contribution in [1.29, 1.82) is 0 Å².